The quantitative estimate of drug-likeness (QED) is 0.495. The van der Waals surface area contributed by atoms with Gasteiger partial charge in [-0.2, -0.15) is 0 Å². The van der Waals surface area contributed by atoms with Crippen molar-refractivity contribution in [3.63, 3.8) is 0 Å². The summed E-state index contributed by atoms with van der Waals surface area (Å²) in [6, 6.07) is 0. The SMILES string of the molecule is CC1(F)C=C(F)C=C(F)C1. The van der Waals surface area contributed by atoms with Crippen molar-refractivity contribution in [2.75, 3.05) is 0 Å². The Labute approximate surface area is 57.0 Å². The Kier molecular flexibility index (Phi) is 1.58. The van der Waals surface area contributed by atoms with Crippen LogP contribution in [0.2, 0.25) is 0 Å². The molecule has 1 unspecified atom stereocenters. The topological polar surface area (TPSA) is 0 Å². The van der Waals surface area contributed by atoms with Crippen molar-refractivity contribution in [2.24, 2.45) is 0 Å². The minimum Gasteiger partial charge on any atom is -0.239 e. The lowest BCUT2D eigenvalue weighted by Crippen LogP contribution is -2.17. The Morgan fingerprint density at radius 1 is 1.50 bits per heavy atom. The first-order valence-electron chi connectivity index (χ1n) is 2.93. The standard InChI is InChI=1S/C7H7F3/c1-7(10)3-5(8)2-6(9)4-7/h2-3H,4H2,1H3. The highest BCUT2D eigenvalue weighted by molar-refractivity contribution is 5.25. The van der Waals surface area contributed by atoms with E-state index in [1.807, 2.05) is 0 Å². The molecule has 0 nitrogen and oxygen atoms in total. The van der Waals surface area contributed by atoms with E-state index >= 15 is 0 Å². The minimum absolute atomic E-state index is 0.361. The van der Waals surface area contributed by atoms with E-state index in [4.69, 9.17) is 0 Å². The third-order valence-electron chi connectivity index (χ3n) is 1.25. The molecule has 0 heterocycles. The molecule has 3 heteroatoms. The molecule has 10 heavy (non-hydrogen) atoms. The molecule has 0 aromatic carbocycles. The zero-order valence-electron chi connectivity index (χ0n) is 5.50. The van der Waals surface area contributed by atoms with Crippen LogP contribution in [0.3, 0.4) is 0 Å². The van der Waals surface area contributed by atoms with Gasteiger partial charge < -0.3 is 0 Å². The Hall–Kier alpha value is -0.730. The Morgan fingerprint density at radius 2 is 2.10 bits per heavy atom. The molecule has 0 aromatic rings. The van der Waals surface area contributed by atoms with Gasteiger partial charge >= 0.3 is 0 Å². The van der Waals surface area contributed by atoms with Crippen molar-refractivity contribution in [1.29, 1.82) is 0 Å². The molecule has 0 bridgehead atoms. The number of alkyl halides is 1. The maximum atomic E-state index is 12.8. The summed E-state index contributed by atoms with van der Waals surface area (Å²) in [5.74, 6) is -1.58. The van der Waals surface area contributed by atoms with E-state index in [2.05, 4.69) is 0 Å². The van der Waals surface area contributed by atoms with E-state index in [9.17, 15) is 13.2 Å². The largest absolute Gasteiger partial charge is 0.239 e. The van der Waals surface area contributed by atoms with Crippen LogP contribution in [-0.2, 0) is 0 Å². The highest BCUT2D eigenvalue weighted by atomic mass is 19.2. The van der Waals surface area contributed by atoms with Gasteiger partial charge in [-0.25, -0.2) is 13.2 Å². The molecule has 0 saturated heterocycles. The zero-order valence-corrected chi connectivity index (χ0v) is 5.50. The lowest BCUT2D eigenvalue weighted by Gasteiger charge is -2.17. The van der Waals surface area contributed by atoms with Gasteiger partial charge in [0.25, 0.3) is 0 Å². The molecular formula is C7H7F3. The average molecular weight is 148 g/mol. The summed E-state index contributed by atoms with van der Waals surface area (Å²) in [5.41, 5.74) is -1.86. The maximum Gasteiger partial charge on any atom is 0.135 e. The molecule has 1 aliphatic rings. The molecule has 1 atom stereocenters. The summed E-state index contributed by atoms with van der Waals surface area (Å²) in [6.45, 7) is 1.14. The molecule has 1 rings (SSSR count). The van der Waals surface area contributed by atoms with Gasteiger partial charge in [-0.05, 0) is 13.0 Å². The summed E-state index contributed by atoms with van der Waals surface area (Å²) in [4.78, 5) is 0. The Bertz CT molecular complexity index is 201. The summed E-state index contributed by atoms with van der Waals surface area (Å²) < 4.78 is 37.3. The van der Waals surface area contributed by atoms with Crippen LogP contribution in [-0.4, -0.2) is 5.67 Å². The molecule has 0 amide bonds. The van der Waals surface area contributed by atoms with Gasteiger partial charge in [-0.1, -0.05) is 0 Å². The van der Waals surface area contributed by atoms with Crippen LogP contribution in [0.15, 0.2) is 23.8 Å². The molecule has 0 saturated carbocycles. The fourth-order valence-electron chi connectivity index (χ4n) is 0.911. The molecule has 0 aliphatic heterocycles. The molecule has 0 spiro atoms. The molecule has 1 aliphatic carbocycles. The van der Waals surface area contributed by atoms with Crippen LogP contribution >= 0.6 is 0 Å². The van der Waals surface area contributed by atoms with E-state index in [0.29, 0.717) is 6.08 Å². The van der Waals surface area contributed by atoms with Crippen LogP contribution in [0.5, 0.6) is 0 Å². The van der Waals surface area contributed by atoms with E-state index in [1.54, 1.807) is 0 Å². The molecule has 0 fully saturated rings. The van der Waals surface area contributed by atoms with Crippen LogP contribution in [0, 0.1) is 0 Å². The number of rotatable bonds is 0. The molecule has 0 aromatic heterocycles. The van der Waals surface area contributed by atoms with Crippen LogP contribution in [0.1, 0.15) is 13.3 Å². The third kappa shape index (κ3) is 1.62. The number of hydrogen-bond donors (Lipinski definition) is 0. The van der Waals surface area contributed by atoms with Gasteiger partial charge in [-0.3, -0.25) is 0 Å². The van der Waals surface area contributed by atoms with E-state index < -0.39 is 17.3 Å². The van der Waals surface area contributed by atoms with E-state index in [1.165, 1.54) is 0 Å². The predicted molar refractivity (Wildman–Crippen MR) is 32.5 cm³/mol. The molecular weight excluding hydrogens is 141 g/mol. The van der Waals surface area contributed by atoms with Gasteiger partial charge in [-0.15, -0.1) is 0 Å². The fraction of sp³-hybridized carbons (Fsp3) is 0.429. The van der Waals surface area contributed by atoms with E-state index in [0.717, 1.165) is 13.0 Å². The first-order valence-corrected chi connectivity index (χ1v) is 2.93. The van der Waals surface area contributed by atoms with Crippen LogP contribution in [0.4, 0.5) is 13.2 Å². The zero-order chi connectivity index (χ0) is 7.78. The van der Waals surface area contributed by atoms with Crippen molar-refractivity contribution in [3.05, 3.63) is 23.8 Å². The molecule has 56 valence electrons. The first kappa shape index (κ1) is 7.38. The molecule has 0 radical (unpaired) electrons. The van der Waals surface area contributed by atoms with Crippen LogP contribution in [0.25, 0.3) is 0 Å². The Balaban J connectivity index is 2.88. The average Bonchev–Trinajstić information content (AvgIpc) is 1.54. The lowest BCUT2D eigenvalue weighted by molar-refractivity contribution is 0.234. The van der Waals surface area contributed by atoms with Crippen molar-refractivity contribution >= 4 is 0 Å². The van der Waals surface area contributed by atoms with Gasteiger partial charge in [0.1, 0.15) is 17.3 Å². The van der Waals surface area contributed by atoms with Crippen molar-refractivity contribution in [3.8, 4) is 0 Å². The summed E-state index contributed by atoms with van der Waals surface area (Å²) in [7, 11) is 0. The second kappa shape index (κ2) is 2.15. The minimum atomic E-state index is -1.86. The fourth-order valence-corrected chi connectivity index (χ4v) is 0.911. The smallest absolute Gasteiger partial charge is 0.135 e. The normalized spacial score (nSPS) is 33.2. The summed E-state index contributed by atoms with van der Waals surface area (Å²) in [6.07, 6.45) is 1.11. The van der Waals surface area contributed by atoms with Gasteiger partial charge in [0.2, 0.25) is 0 Å². The maximum absolute atomic E-state index is 12.8. The van der Waals surface area contributed by atoms with Gasteiger partial charge in [0.15, 0.2) is 0 Å². The highest BCUT2D eigenvalue weighted by Gasteiger charge is 2.26. The predicted octanol–water partition coefficient (Wildman–Crippen LogP) is 2.83. The lowest BCUT2D eigenvalue weighted by atomic mass is 9.99. The van der Waals surface area contributed by atoms with Crippen LogP contribution < -0.4 is 0 Å². The second-order valence-corrected chi connectivity index (χ2v) is 2.58. The van der Waals surface area contributed by atoms with Crippen molar-refractivity contribution in [2.45, 2.75) is 19.0 Å². The van der Waals surface area contributed by atoms with Gasteiger partial charge in [0.05, 0.1) is 0 Å². The number of halogens is 3. The second-order valence-electron chi connectivity index (χ2n) is 2.58. The molecule has 0 N–H and O–H groups in total. The number of hydrogen-bond acceptors (Lipinski definition) is 0. The summed E-state index contributed by atoms with van der Waals surface area (Å²) >= 11 is 0. The summed E-state index contributed by atoms with van der Waals surface area (Å²) in [5, 5.41) is 0. The van der Waals surface area contributed by atoms with Gasteiger partial charge in [0, 0.05) is 12.5 Å². The highest BCUT2D eigenvalue weighted by Crippen LogP contribution is 2.30. The Morgan fingerprint density at radius 3 is 2.50 bits per heavy atom. The monoisotopic (exact) mass is 148 g/mol. The first-order chi connectivity index (χ1) is 4.49. The number of allylic oxidation sites excluding steroid dienone is 4. The van der Waals surface area contributed by atoms with Crippen molar-refractivity contribution in [1.82, 2.24) is 0 Å². The third-order valence-corrected chi connectivity index (χ3v) is 1.25. The van der Waals surface area contributed by atoms with E-state index in [-0.39, 0.29) is 6.42 Å². The van der Waals surface area contributed by atoms with Crippen molar-refractivity contribution < 1.29 is 13.2 Å².